The van der Waals surface area contributed by atoms with Gasteiger partial charge in [-0.15, -0.1) is 0 Å². The number of nitrogens with zero attached hydrogens (tertiary/aromatic N) is 2. The first-order chi connectivity index (χ1) is 21.0. The number of anilines is 6. The van der Waals surface area contributed by atoms with Crippen LogP contribution in [0.15, 0.2) is 152 Å². The van der Waals surface area contributed by atoms with Crippen molar-refractivity contribution in [2.75, 3.05) is 9.80 Å². The van der Waals surface area contributed by atoms with Crippen LogP contribution in [0.25, 0.3) is 0 Å². The molecular weight excluding hydrogens is 559 g/mol. The van der Waals surface area contributed by atoms with Gasteiger partial charge in [0.15, 0.2) is 0 Å². The Balaban J connectivity index is 1.51. The molecule has 0 saturated heterocycles. The van der Waals surface area contributed by atoms with Crippen LogP contribution >= 0.6 is 6.04 Å². The molecule has 208 valence electrons. The quantitative estimate of drug-likeness (QED) is 0.189. The minimum Gasteiger partial charge on any atom is -0.308 e. The fourth-order valence-corrected chi connectivity index (χ4v) is 11.3. The van der Waals surface area contributed by atoms with Gasteiger partial charge in [0.2, 0.25) is 0 Å². The summed E-state index contributed by atoms with van der Waals surface area (Å²) in [5.41, 5.74) is 9.48. The van der Waals surface area contributed by atoms with Crippen molar-refractivity contribution in [1.29, 1.82) is 0 Å². The average Bonchev–Trinajstić information content (AvgIpc) is 3.06. The number of para-hydroxylation sites is 5. The van der Waals surface area contributed by atoms with Crippen LogP contribution in [-0.2, 0) is 17.2 Å². The monoisotopic (exact) mass is 590 g/mol. The third-order valence-electron chi connectivity index (χ3n) is 9.03. The van der Waals surface area contributed by atoms with Gasteiger partial charge in [0.05, 0.1) is 28.4 Å². The van der Waals surface area contributed by atoms with E-state index in [9.17, 15) is 0 Å². The number of benzene rings is 6. The summed E-state index contributed by atoms with van der Waals surface area (Å²) in [5, 5.41) is 3.66. The molecule has 2 aliphatic heterocycles. The lowest BCUT2D eigenvalue weighted by Crippen LogP contribution is -2.38. The van der Waals surface area contributed by atoms with Gasteiger partial charge in [-0.1, -0.05) is 141 Å². The second-order valence-electron chi connectivity index (χ2n) is 11.7. The SMILES string of the molecule is CC1(C)c2ccccc2N(c2cccc3c2N(c2ccccc2)c2ccccc2P3(=S)c2ccccc2)c2ccccc21. The summed E-state index contributed by atoms with van der Waals surface area (Å²) in [4.78, 5) is 4.92. The Morgan fingerprint density at radius 3 is 1.60 bits per heavy atom. The Bertz CT molecular complexity index is 2000. The molecule has 43 heavy (non-hydrogen) atoms. The molecule has 0 aromatic heterocycles. The summed E-state index contributed by atoms with van der Waals surface area (Å²) in [6.45, 7) is 4.67. The van der Waals surface area contributed by atoms with E-state index in [0.717, 1.165) is 22.7 Å². The topological polar surface area (TPSA) is 6.48 Å². The highest BCUT2D eigenvalue weighted by molar-refractivity contribution is 8.25. The molecule has 0 fully saturated rings. The second-order valence-corrected chi connectivity index (χ2v) is 16.1. The van der Waals surface area contributed by atoms with E-state index in [2.05, 4.69) is 175 Å². The average molecular weight is 591 g/mol. The van der Waals surface area contributed by atoms with Gasteiger partial charge in [0.25, 0.3) is 0 Å². The van der Waals surface area contributed by atoms with Gasteiger partial charge in [-0.2, -0.15) is 0 Å². The van der Waals surface area contributed by atoms with Gasteiger partial charge >= 0.3 is 0 Å². The third kappa shape index (κ3) is 3.75. The van der Waals surface area contributed by atoms with Crippen molar-refractivity contribution >= 4 is 67.9 Å². The van der Waals surface area contributed by atoms with E-state index >= 15 is 0 Å². The lowest BCUT2D eigenvalue weighted by Gasteiger charge is -2.46. The third-order valence-corrected chi connectivity index (χ3v) is 14.0. The van der Waals surface area contributed by atoms with Crippen molar-refractivity contribution in [2.45, 2.75) is 19.3 Å². The van der Waals surface area contributed by atoms with Gasteiger partial charge in [0.1, 0.15) is 0 Å². The van der Waals surface area contributed by atoms with E-state index in [0.29, 0.717) is 0 Å². The summed E-state index contributed by atoms with van der Waals surface area (Å²) in [6.07, 6.45) is 0. The van der Waals surface area contributed by atoms with Crippen molar-refractivity contribution in [3.8, 4) is 0 Å². The second kappa shape index (κ2) is 9.81. The molecule has 4 heteroatoms. The molecule has 0 N–H and O–H groups in total. The first-order valence-corrected chi connectivity index (χ1v) is 17.5. The van der Waals surface area contributed by atoms with Crippen LogP contribution < -0.4 is 25.7 Å². The molecule has 1 unspecified atom stereocenters. The fourth-order valence-electron chi connectivity index (χ4n) is 7.04. The van der Waals surface area contributed by atoms with Gasteiger partial charge in [0, 0.05) is 27.7 Å². The molecule has 6 aromatic rings. The highest BCUT2D eigenvalue weighted by Gasteiger charge is 2.42. The molecule has 0 aliphatic carbocycles. The minimum atomic E-state index is -2.41. The Morgan fingerprint density at radius 1 is 0.465 bits per heavy atom. The maximum absolute atomic E-state index is 6.95. The van der Waals surface area contributed by atoms with E-state index < -0.39 is 6.04 Å². The highest BCUT2D eigenvalue weighted by Crippen LogP contribution is 2.59. The molecule has 6 aromatic carbocycles. The first kappa shape index (κ1) is 26.2. The Hall–Kier alpha value is -4.43. The van der Waals surface area contributed by atoms with E-state index in [1.807, 2.05) is 0 Å². The molecule has 8 rings (SSSR count). The predicted octanol–water partition coefficient (Wildman–Crippen LogP) is 9.33. The molecule has 2 nitrogen and oxygen atoms in total. The van der Waals surface area contributed by atoms with Crippen LogP contribution in [0, 0.1) is 0 Å². The van der Waals surface area contributed by atoms with Crippen molar-refractivity contribution in [3.63, 3.8) is 0 Å². The molecule has 0 spiro atoms. The number of hydrogen-bond acceptors (Lipinski definition) is 3. The van der Waals surface area contributed by atoms with Crippen molar-refractivity contribution in [1.82, 2.24) is 0 Å². The van der Waals surface area contributed by atoms with E-state index in [-0.39, 0.29) is 5.41 Å². The molecule has 0 radical (unpaired) electrons. The molecule has 1 atom stereocenters. The Morgan fingerprint density at radius 2 is 0.953 bits per heavy atom. The Kier molecular flexibility index (Phi) is 5.98. The molecule has 0 bridgehead atoms. The van der Waals surface area contributed by atoms with Crippen molar-refractivity contribution < 1.29 is 0 Å². The predicted molar refractivity (Wildman–Crippen MR) is 188 cm³/mol. The minimum absolute atomic E-state index is 0.136. The van der Waals surface area contributed by atoms with Crippen LogP contribution in [0.1, 0.15) is 25.0 Å². The Labute approximate surface area is 258 Å². The summed E-state index contributed by atoms with van der Waals surface area (Å²) in [6, 6.07) is 52.4. The summed E-state index contributed by atoms with van der Waals surface area (Å²) in [7, 11) is 0. The van der Waals surface area contributed by atoms with Crippen molar-refractivity contribution in [3.05, 3.63) is 163 Å². The van der Waals surface area contributed by atoms with Crippen LogP contribution in [-0.4, -0.2) is 0 Å². The normalized spacial score (nSPS) is 17.8. The molecule has 0 saturated carbocycles. The zero-order valence-electron chi connectivity index (χ0n) is 24.2. The number of hydrogen-bond donors (Lipinski definition) is 0. The lowest BCUT2D eigenvalue weighted by atomic mass is 9.73. The fraction of sp³-hybridized carbons (Fsp3) is 0.0769. The number of fused-ring (bicyclic) bond motifs is 4. The largest absolute Gasteiger partial charge is 0.308 e. The maximum Gasteiger partial charge on any atom is 0.0794 e. The van der Waals surface area contributed by atoms with Gasteiger partial charge < -0.3 is 9.80 Å². The smallest absolute Gasteiger partial charge is 0.0794 e. The zero-order valence-corrected chi connectivity index (χ0v) is 25.9. The zero-order chi connectivity index (χ0) is 29.2. The van der Waals surface area contributed by atoms with E-state index in [1.165, 1.54) is 38.4 Å². The number of rotatable bonds is 3. The van der Waals surface area contributed by atoms with Crippen molar-refractivity contribution in [2.24, 2.45) is 0 Å². The van der Waals surface area contributed by atoms with Gasteiger partial charge in [-0.05, 0) is 52.8 Å². The standard InChI is InChI=1S/C39H31N2PS/c1-39(2)30-20-9-11-22-32(30)41(33-23-12-10-21-31(33)39)35-25-15-27-37-38(35)40(28-16-5-3-6-17-28)34-24-13-14-26-36(34)42(37,43)29-18-7-4-8-19-29/h3-27H,1-2H3. The van der Waals surface area contributed by atoms with Gasteiger partial charge in [-0.25, -0.2) is 0 Å². The summed E-state index contributed by atoms with van der Waals surface area (Å²) >= 11 is 6.95. The first-order valence-electron chi connectivity index (χ1n) is 14.7. The van der Waals surface area contributed by atoms with Crippen LogP contribution in [0.3, 0.4) is 0 Å². The molecule has 2 heterocycles. The lowest BCUT2D eigenvalue weighted by molar-refractivity contribution is 0.632. The highest BCUT2D eigenvalue weighted by atomic mass is 32.4. The summed E-state index contributed by atoms with van der Waals surface area (Å²) in [5.74, 6) is 0. The molecule has 2 aliphatic rings. The van der Waals surface area contributed by atoms with Crippen LogP contribution in [0.2, 0.25) is 0 Å². The molecular formula is C39H31N2PS. The maximum atomic E-state index is 6.95. The summed E-state index contributed by atoms with van der Waals surface area (Å²) < 4.78 is 0. The van der Waals surface area contributed by atoms with E-state index in [1.54, 1.807) is 0 Å². The van der Waals surface area contributed by atoms with E-state index in [4.69, 9.17) is 11.8 Å². The van der Waals surface area contributed by atoms with Crippen LogP contribution in [0.4, 0.5) is 34.1 Å². The molecule has 0 amide bonds. The van der Waals surface area contributed by atoms with Gasteiger partial charge in [-0.3, -0.25) is 0 Å². The van der Waals surface area contributed by atoms with Crippen LogP contribution in [0.5, 0.6) is 0 Å².